The number of imidazole rings is 1. The Labute approximate surface area is 172 Å². The van der Waals surface area contributed by atoms with E-state index in [-0.39, 0.29) is 12.0 Å². The van der Waals surface area contributed by atoms with Gasteiger partial charge < -0.3 is 9.67 Å². The minimum Gasteiger partial charge on any atom is -0.480 e. The van der Waals surface area contributed by atoms with E-state index in [2.05, 4.69) is 50.0 Å². The number of carbonyl (C=O) groups is 1. The van der Waals surface area contributed by atoms with E-state index < -0.39 is 5.97 Å². The van der Waals surface area contributed by atoms with Crippen LogP contribution in [-0.4, -0.2) is 25.6 Å². The van der Waals surface area contributed by atoms with Crippen molar-refractivity contribution in [3.8, 4) is 11.3 Å². The minimum absolute atomic E-state index is 0.0481. The monoisotopic (exact) mass is 391 g/mol. The van der Waals surface area contributed by atoms with E-state index in [1.54, 1.807) is 10.8 Å². The van der Waals surface area contributed by atoms with E-state index >= 15 is 0 Å². The van der Waals surface area contributed by atoms with Gasteiger partial charge in [-0.05, 0) is 36.0 Å². The van der Waals surface area contributed by atoms with Crippen LogP contribution >= 0.6 is 0 Å². The normalized spacial score (nSPS) is 11.6. The molecule has 29 heavy (non-hydrogen) atoms. The van der Waals surface area contributed by atoms with E-state index in [1.807, 2.05) is 24.4 Å². The first-order chi connectivity index (χ1) is 13.9. The van der Waals surface area contributed by atoms with Gasteiger partial charge in [-0.3, -0.25) is 9.78 Å². The van der Waals surface area contributed by atoms with Gasteiger partial charge in [-0.15, -0.1) is 0 Å². The largest absolute Gasteiger partial charge is 0.480 e. The van der Waals surface area contributed by atoms with Gasteiger partial charge in [-0.2, -0.15) is 0 Å². The highest BCUT2D eigenvalue weighted by Crippen LogP contribution is 2.25. The van der Waals surface area contributed by atoms with Crippen molar-refractivity contribution in [3.05, 3.63) is 71.9 Å². The molecule has 0 amide bonds. The molecule has 152 valence electrons. The Kier molecular flexibility index (Phi) is 6.47. The van der Waals surface area contributed by atoms with Crippen molar-refractivity contribution in [2.24, 2.45) is 5.41 Å². The predicted molar refractivity (Wildman–Crippen MR) is 115 cm³/mol. The van der Waals surface area contributed by atoms with Gasteiger partial charge in [0.2, 0.25) is 0 Å². The van der Waals surface area contributed by atoms with Crippen LogP contribution in [0.4, 0.5) is 0 Å². The van der Waals surface area contributed by atoms with Crippen molar-refractivity contribution in [3.63, 3.8) is 0 Å². The Morgan fingerprint density at radius 3 is 2.48 bits per heavy atom. The molecular weight excluding hydrogens is 362 g/mol. The van der Waals surface area contributed by atoms with Crippen LogP contribution in [0, 0.1) is 5.41 Å². The summed E-state index contributed by atoms with van der Waals surface area (Å²) in [7, 11) is 0. The van der Waals surface area contributed by atoms with Gasteiger partial charge in [0.05, 0.1) is 11.4 Å². The van der Waals surface area contributed by atoms with Gasteiger partial charge in [0.15, 0.2) is 0 Å². The maximum absolute atomic E-state index is 11.3. The van der Waals surface area contributed by atoms with Crippen molar-refractivity contribution in [2.45, 2.75) is 53.0 Å². The molecule has 0 saturated carbocycles. The molecule has 0 fully saturated rings. The molecule has 3 aromatic rings. The molecule has 0 bridgehead atoms. The smallest absolute Gasteiger partial charge is 0.323 e. The van der Waals surface area contributed by atoms with Crippen molar-refractivity contribution < 1.29 is 9.90 Å². The predicted octanol–water partition coefficient (Wildman–Crippen LogP) is 4.79. The number of pyridine rings is 1. The number of hydrogen-bond donors (Lipinski definition) is 1. The standard InChI is InChI=1S/C24H29N3O2/c1-4-24(2,3)15-20-16-27(17-23(28)29)22(26-20)13-10-18-8-11-19(12-9-18)21-7-5-6-14-25-21/h5-9,11-12,14,16H,4,10,13,15,17H2,1-3H3,(H,28,29). The summed E-state index contributed by atoms with van der Waals surface area (Å²) >= 11 is 0. The number of aromatic nitrogens is 3. The summed E-state index contributed by atoms with van der Waals surface area (Å²) in [5, 5.41) is 9.25. The van der Waals surface area contributed by atoms with Crippen LogP contribution in [0.25, 0.3) is 11.3 Å². The molecule has 0 aliphatic heterocycles. The Bertz CT molecular complexity index is 944. The summed E-state index contributed by atoms with van der Waals surface area (Å²) in [5.74, 6) is -0.00669. The van der Waals surface area contributed by atoms with Crippen molar-refractivity contribution in [1.29, 1.82) is 0 Å². The van der Waals surface area contributed by atoms with Crippen LogP contribution in [0.5, 0.6) is 0 Å². The number of benzene rings is 1. The zero-order valence-electron chi connectivity index (χ0n) is 17.4. The number of aryl methyl sites for hydroxylation is 2. The third kappa shape index (κ3) is 5.76. The Hall–Kier alpha value is -2.95. The molecular formula is C24H29N3O2. The Balaban J connectivity index is 1.71. The zero-order valence-corrected chi connectivity index (χ0v) is 17.4. The lowest BCUT2D eigenvalue weighted by atomic mass is 9.85. The number of nitrogens with zero attached hydrogens (tertiary/aromatic N) is 3. The molecule has 0 spiro atoms. The molecule has 2 heterocycles. The second-order valence-corrected chi connectivity index (χ2v) is 8.28. The molecule has 0 aliphatic carbocycles. The van der Waals surface area contributed by atoms with Crippen LogP contribution in [0.3, 0.4) is 0 Å². The maximum atomic E-state index is 11.3. The van der Waals surface area contributed by atoms with Crippen molar-refractivity contribution in [1.82, 2.24) is 14.5 Å². The van der Waals surface area contributed by atoms with Gasteiger partial charge in [0.1, 0.15) is 12.4 Å². The van der Waals surface area contributed by atoms with Crippen LogP contribution in [0.1, 0.15) is 44.3 Å². The van der Waals surface area contributed by atoms with E-state index in [0.717, 1.165) is 42.0 Å². The highest BCUT2D eigenvalue weighted by molar-refractivity contribution is 5.66. The molecule has 5 nitrogen and oxygen atoms in total. The molecule has 0 aliphatic rings. The molecule has 0 saturated heterocycles. The number of carboxylic acids is 1. The zero-order chi connectivity index (χ0) is 20.9. The first-order valence-corrected chi connectivity index (χ1v) is 10.1. The summed E-state index contributed by atoms with van der Waals surface area (Å²) in [6.45, 7) is 6.55. The summed E-state index contributed by atoms with van der Waals surface area (Å²) in [6.07, 6.45) is 7.13. The highest BCUT2D eigenvalue weighted by Gasteiger charge is 2.19. The van der Waals surface area contributed by atoms with Crippen LogP contribution in [0.15, 0.2) is 54.9 Å². The van der Waals surface area contributed by atoms with Crippen molar-refractivity contribution in [2.75, 3.05) is 0 Å². The summed E-state index contributed by atoms with van der Waals surface area (Å²) in [6, 6.07) is 14.3. The topological polar surface area (TPSA) is 68.0 Å². The lowest BCUT2D eigenvalue weighted by molar-refractivity contribution is -0.137. The second-order valence-electron chi connectivity index (χ2n) is 8.28. The third-order valence-corrected chi connectivity index (χ3v) is 5.38. The fourth-order valence-corrected chi connectivity index (χ4v) is 3.33. The molecule has 3 rings (SSSR count). The first kappa shape index (κ1) is 20.8. The van der Waals surface area contributed by atoms with Gasteiger partial charge in [0, 0.05) is 24.4 Å². The average Bonchev–Trinajstić information content (AvgIpc) is 3.07. The van der Waals surface area contributed by atoms with Gasteiger partial charge in [-0.1, -0.05) is 57.5 Å². The number of aliphatic carboxylic acids is 1. The van der Waals surface area contributed by atoms with E-state index in [9.17, 15) is 9.90 Å². The van der Waals surface area contributed by atoms with Crippen LogP contribution in [0.2, 0.25) is 0 Å². The summed E-state index contributed by atoms with van der Waals surface area (Å²) in [5.41, 5.74) is 4.37. The lowest BCUT2D eigenvalue weighted by Gasteiger charge is -2.20. The van der Waals surface area contributed by atoms with E-state index in [1.165, 1.54) is 5.56 Å². The SMILES string of the molecule is CCC(C)(C)Cc1cn(CC(=O)O)c(CCc2ccc(-c3ccccn3)cc2)n1. The lowest BCUT2D eigenvalue weighted by Crippen LogP contribution is -2.13. The summed E-state index contributed by atoms with van der Waals surface area (Å²) < 4.78 is 1.78. The molecule has 2 aromatic heterocycles. The van der Waals surface area contributed by atoms with Gasteiger partial charge >= 0.3 is 5.97 Å². The van der Waals surface area contributed by atoms with Gasteiger partial charge in [0.25, 0.3) is 0 Å². The number of hydrogen-bond acceptors (Lipinski definition) is 3. The van der Waals surface area contributed by atoms with Crippen LogP contribution in [-0.2, 0) is 30.6 Å². The molecule has 0 radical (unpaired) electrons. The van der Waals surface area contributed by atoms with Crippen LogP contribution < -0.4 is 0 Å². The maximum Gasteiger partial charge on any atom is 0.323 e. The Morgan fingerprint density at radius 2 is 1.86 bits per heavy atom. The first-order valence-electron chi connectivity index (χ1n) is 10.1. The third-order valence-electron chi connectivity index (χ3n) is 5.38. The Morgan fingerprint density at radius 1 is 1.10 bits per heavy atom. The molecule has 0 atom stereocenters. The van der Waals surface area contributed by atoms with E-state index in [4.69, 9.17) is 4.98 Å². The van der Waals surface area contributed by atoms with Gasteiger partial charge in [-0.25, -0.2) is 4.98 Å². The molecule has 5 heteroatoms. The quantitative estimate of drug-likeness (QED) is 0.569. The minimum atomic E-state index is -0.843. The molecule has 0 unspecified atom stereocenters. The second kappa shape index (κ2) is 9.03. The van der Waals surface area contributed by atoms with Crippen molar-refractivity contribution >= 4 is 5.97 Å². The number of carboxylic acid groups (broad SMARTS) is 1. The highest BCUT2D eigenvalue weighted by atomic mass is 16.4. The molecule has 1 aromatic carbocycles. The average molecular weight is 392 g/mol. The number of rotatable bonds is 9. The fraction of sp³-hybridized carbons (Fsp3) is 0.375. The fourth-order valence-electron chi connectivity index (χ4n) is 3.33. The molecule has 1 N–H and O–H groups in total. The van der Waals surface area contributed by atoms with E-state index in [0.29, 0.717) is 6.42 Å². The summed E-state index contributed by atoms with van der Waals surface area (Å²) in [4.78, 5) is 20.4.